The molecule has 0 amide bonds. The second-order valence-corrected chi connectivity index (χ2v) is 6.16. The van der Waals surface area contributed by atoms with Gasteiger partial charge in [0.25, 0.3) is 5.69 Å². The second kappa shape index (κ2) is 9.66. The highest BCUT2D eigenvalue weighted by Crippen LogP contribution is 2.15. The molecule has 0 atom stereocenters. The maximum atomic E-state index is 13.2. The minimum absolute atomic E-state index is 0.00900. The maximum Gasteiger partial charge on any atom is 0.269 e. The molecule has 0 aliphatic carbocycles. The van der Waals surface area contributed by atoms with E-state index in [1.54, 1.807) is 48.5 Å². The van der Waals surface area contributed by atoms with Crippen molar-refractivity contribution in [2.45, 2.75) is 0 Å². The molecular weight excluding hydrogens is 401 g/mol. The molecule has 29 heavy (non-hydrogen) atoms. The second-order valence-electron chi connectivity index (χ2n) is 5.72. The van der Waals surface area contributed by atoms with E-state index < -0.39 is 4.92 Å². The van der Waals surface area contributed by atoms with Crippen molar-refractivity contribution in [1.82, 2.24) is 16.6 Å². The van der Waals surface area contributed by atoms with E-state index in [4.69, 9.17) is 11.6 Å². The number of rotatable bonds is 9. The summed E-state index contributed by atoms with van der Waals surface area (Å²) in [5.74, 6) is -0.365. The Morgan fingerprint density at radius 2 is 1.41 bits per heavy atom. The Morgan fingerprint density at radius 3 is 2.03 bits per heavy atom. The average molecular weight is 418 g/mol. The van der Waals surface area contributed by atoms with Crippen LogP contribution < -0.4 is 32.6 Å². The van der Waals surface area contributed by atoms with Gasteiger partial charge in [0.1, 0.15) is 5.82 Å². The lowest BCUT2D eigenvalue weighted by Crippen LogP contribution is -2.57. The van der Waals surface area contributed by atoms with Crippen LogP contribution in [0.2, 0.25) is 5.02 Å². The Labute approximate surface area is 170 Å². The highest BCUT2D eigenvalue weighted by Gasteiger charge is 2.07. The smallest absolute Gasteiger partial charge is 0.269 e. The van der Waals surface area contributed by atoms with Crippen LogP contribution in [0.4, 0.5) is 27.1 Å². The third kappa shape index (κ3) is 6.02. The van der Waals surface area contributed by atoms with E-state index in [0.717, 1.165) is 5.69 Å². The van der Waals surface area contributed by atoms with Crippen LogP contribution >= 0.6 is 11.6 Å². The van der Waals surface area contributed by atoms with Gasteiger partial charge in [-0.25, -0.2) is 9.51 Å². The number of nitro groups is 1. The highest BCUT2D eigenvalue weighted by atomic mass is 35.5. The van der Waals surface area contributed by atoms with Crippen LogP contribution in [0.5, 0.6) is 0 Å². The van der Waals surface area contributed by atoms with E-state index in [9.17, 15) is 14.5 Å². The van der Waals surface area contributed by atoms with Crippen molar-refractivity contribution in [1.29, 1.82) is 0 Å². The third-order valence-corrected chi connectivity index (χ3v) is 3.95. The standard InChI is InChI=1S/C18H17ClFN7O2/c19-13-1-5-16(6-2-13)22-24-26(17-9-3-14(20)4-10-17)25-23-21-15-7-11-18(12-8-15)27(28)29/h1-12,21-25H. The number of nitro benzene ring substituents is 1. The van der Waals surface area contributed by atoms with Gasteiger partial charge in [-0.3, -0.25) is 10.1 Å². The number of hydrogen-bond acceptors (Lipinski definition) is 8. The number of nitrogens with one attached hydrogen (secondary N) is 5. The van der Waals surface area contributed by atoms with Crippen LogP contribution in [-0.2, 0) is 0 Å². The molecule has 0 saturated heterocycles. The normalized spacial score (nSPS) is 10.4. The van der Waals surface area contributed by atoms with Gasteiger partial charge in [0.15, 0.2) is 0 Å². The fourth-order valence-electron chi connectivity index (χ4n) is 2.22. The summed E-state index contributed by atoms with van der Waals surface area (Å²) in [5.41, 5.74) is 16.2. The van der Waals surface area contributed by atoms with Crippen molar-refractivity contribution in [3.05, 3.63) is 93.8 Å². The van der Waals surface area contributed by atoms with Gasteiger partial charge >= 0.3 is 0 Å². The minimum Gasteiger partial charge on any atom is -0.307 e. The van der Waals surface area contributed by atoms with Crippen molar-refractivity contribution in [2.24, 2.45) is 0 Å². The molecule has 3 aromatic rings. The molecule has 0 bridgehead atoms. The summed E-state index contributed by atoms with van der Waals surface area (Å²) < 4.78 is 13.2. The summed E-state index contributed by atoms with van der Waals surface area (Å²) in [7, 11) is 0. The van der Waals surface area contributed by atoms with Gasteiger partial charge in [0, 0.05) is 17.2 Å². The number of non-ortho nitro benzene ring substituents is 1. The van der Waals surface area contributed by atoms with Crippen LogP contribution in [0.25, 0.3) is 0 Å². The van der Waals surface area contributed by atoms with Gasteiger partial charge in [0.05, 0.1) is 22.0 Å². The molecule has 3 rings (SSSR count). The summed E-state index contributed by atoms with van der Waals surface area (Å²) in [6, 6.07) is 18.6. The van der Waals surface area contributed by atoms with Gasteiger partial charge in [-0.15, -0.1) is 11.1 Å². The molecule has 0 fully saturated rings. The summed E-state index contributed by atoms with van der Waals surface area (Å²) in [4.78, 5) is 10.2. The highest BCUT2D eigenvalue weighted by molar-refractivity contribution is 6.30. The number of hydrazine groups is 5. The van der Waals surface area contributed by atoms with Crippen LogP contribution in [-0.4, -0.2) is 4.92 Å². The fraction of sp³-hybridized carbons (Fsp3) is 0. The monoisotopic (exact) mass is 417 g/mol. The van der Waals surface area contributed by atoms with Crippen molar-refractivity contribution >= 4 is 34.4 Å². The zero-order valence-electron chi connectivity index (χ0n) is 14.9. The van der Waals surface area contributed by atoms with Crippen LogP contribution in [0, 0.1) is 15.9 Å². The Bertz CT molecular complexity index is 940. The maximum absolute atomic E-state index is 13.2. The van der Waals surface area contributed by atoms with Crippen LogP contribution in [0.15, 0.2) is 72.8 Å². The molecule has 0 spiro atoms. The van der Waals surface area contributed by atoms with E-state index in [1.807, 2.05) is 0 Å². The van der Waals surface area contributed by atoms with E-state index in [-0.39, 0.29) is 11.5 Å². The Morgan fingerprint density at radius 1 is 0.828 bits per heavy atom. The lowest BCUT2D eigenvalue weighted by atomic mass is 10.3. The van der Waals surface area contributed by atoms with E-state index >= 15 is 0 Å². The number of halogens is 2. The molecule has 0 aromatic heterocycles. The quantitative estimate of drug-likeness (QED) is 0.265. The molecule has 0 heterocycles. The Balaban J connectivity index is 1.62. The summed E-state index contributed by atoms with van der Waals surface area (Å²) in [6.45, 7) is 0. The molecule has 9 nitrogen and oxygen atoms in total. The lowest BCUT2D eigenvalue weighted by molar-refractivity contribution is -0.384. The molecule has 0 radical (unpaired) electrons. The molecule has 11 heteroatoms. The molecule has 150 valence electrons. The summed E-state index contributed by atoms with van der Waals surface area (Å²) in [6.07, 6.45) is 0. The predicted octanol–water partition coefficient (Wildman–Crippen LogP) is 3.76. The van der Waals surface area contributed by atoms with Crippen LogP contribution in [0.1, 0.15) is 0 Å². The molecule has 0 saturated carbocycles. The van der Waals surface area contributed by atoms with Gasteiger partial charge < -0.3 is 10.9 Å². The van der Waals surface area contributed by atoms with Gasteiger partial charge in [0.2, 0.25) is 0 Å². The van der Waals surface area contributed by atoms with E-state index in [1.165, 1.54) is 29.4 Å². The molecule has 0 unspecified atom stereocenters. The summed E-state index contributed by atoms with van der Waals surface area (Å²) >= 11 is 5.88. The molecule has 0 aliphatic heterocycles. The van der Waals surface area contributed by atoms with Crippen molar-refractivity contribution in [3.63, 3.8) is 0 Å². The fourth-order valence-corrected chi connectivity index (χ4v) is 2.35. The number of anilines is 3. The van der Waals surface area contributed by atoms with Crippen molar-refractivity contribution < 1.29 is 9.31 Å². The van der Waals surface area contributed by atoms with Crippen LogP contribution in [0.3, 0.4) is 0 Å². The van der Waals surface area contributed by atoms with E-state index in [0.29, 0.717) is 16.4 Å². The Hall–Kier alpha value is -3.44. The molecule has 3 aromatic carbocycles. The van der Waals surface area contributed by atoms with Crippen molar-refractivity contribution in [3.8, 4) is 0 Å². The zero-order valence-corrected chi connectivity index (χ0v) is 15.7. The number of benzene rings is 3. The number of hydrogen-bond donors (Lipinski definition) is 5. The SMILES string of the molecule is O=[N+]([O-])c1ccc(NNNN(NNc2ccc(Cl)cc2)c2ccc(F)cc2)cc1. The minimum atomic E-state index is -0.474. The zero-order chi connectivity index (χ0) is 20.6. The predicted molar refractivity (Wildman–Crippen MR) is 110 cm³/mol. The van der Waals surface area contributed by atoms with Gasteiger partial charge in [-0.05, 0) is 60.7 Å². The van der Waals surface area contributed by atoms with Crippen molar-refractivity contribution in [2.75, 3.05) is 16.0 Å². The third-order valence-electron chi connectivity index (χ3n) is 3.69. The first-order valence-electron chi connectivity index (χ1n) is 8.35. The van der Waals surface area contributed by atoms with E-state index in [2.05, 4.69) is 27.5 Å². The number of nitrogens with zero attached hydrogens (tertiary/aromatic N) is 2. The molecular formula is C18H17ClFN7O2. The lowest BCUT2D eigenvalue weighted by Gasteiger charge is -2.27. The largest absolute Gasteiger partial charge is 0.307 e. The molecule has 0 aliphatic rings. The average Bonchev–Trinajstić information content (AvgIpc) is 2.73. The van der Waals surface area contributed by atoms with Gasteiger partial charge in [-0.2, -0.15) is 5.53 Å². The first-order chi connectivity index (χ1) is 14.0. The Kier molecular flexibility index (Phi) is 6.76. The first-order valence-corrected chi connectivity index (χ1v) is 8.73. The first kappa shape index (κ1) is 20.3. The van der Waals surface area contributed by atoms with Gasteiger partial charge in [-0.1, -0.05) is 11.6 Å². The molecule has 5 N–H and O–H groups in total. The topological polar surface area (TPSA) is 107 Å². The summed E-state index contributed by atoms with van der Waals surface area (Å²) in [5, 5.41) is 12.8.